The van der Waals surface area contributed by atoms with Crippen molar-refractivity contribution in [3.63, 3.8) is 0 Å². The maximum Gasteiger partial charge on any atom is 0.292 e. The molecule has 5 heteroatoms. The molecule has 1 aliphatic heterocycles. The van der Waals surface area contributed by atoms with Crippen LogP contribution in [-0.2, 0) is 12.8 Å². The first kappa shape index (κ1) is 13.1. The molecule has 0 bridgehead atoms. The van der Waals surface area contributed by atoms with Gasteiger partial charge in [0, 0.05) is 23.9 Å². The van der Waals surface area contributed by atoms with Gasteiger partial charge in [0.25, 0.3) is 5.69 Å². The average molecular weight is 295 g/mol. The van der Waals surface area contributed by atoms with E-state index in [0.29, 0.717) is 5.69 Å². The maximum absolute atomic E-state index is 11.4. The van der Waals surface area contributed by atoms with Gasteiger partial charge in [-0.1, -0.05) is 24.3 Å². The second kappa shape index (κ2) is 5.02. The smallest absolute Gasteiger partial charge is 0.292 e. The van der Waals surface area contributed by atoms with Gasteiger partial charge < -0.3 is 10.6 Å². The largest absolute Gasteiger partial charge is 0.384 e. The Morgan fingerprint density at radius 3 is 2.91 bits per heavy atom. The van der Waals surface area contributed by atoms with Crippen LogP contribution in [0, 0.1) is 10.1 Å². The summed E-state index contributed by atoms with van der Waals surface area (Å²) in [5.74, 6) is 0. The minimum Gasteiger partial charge on any atom is -0.384 e. The van der Waals surface area contributed by atoms with Crippen LogP contribution in [0.5, 0.6) is 0 Å². The molecule has 0 radical (unpaired) electrons. The van der Waals surface area contributed by atoms with Gasteiger partial charge in [0.15, 0.2) is 0 Å². The number of anilines is 2. The molecule has 112 valence electrons. The van der Waals surface area contributed by atoms with Crippen molar-refractivity contribution in [2.75, 3.05) is 17.2 Å². The summed E-state index contributed by atoms with van der Waals surface area (Å²) < 4.78 is 0. The molecule has 0 saturated heterocycles. The van der Waals surface area contributed by atoms with Crippen LogP contribution in [0.3, 0.4) is 0 Å². The zero-order valence-corrected chi connectivity index (χ0v) is 12.1. The number of aryl methyl sites for hydroxylation is 1. The molecule has 0 saturated carbocycles. The van der Waals surface area contributed by atoms with Gasteiger partial charge in [-0.05, 0) is 36.5 Å². The SMILES string of the molecule is O=[N+]([O-])c1ccc2c(c1NC1CCc3ccccc31)CCN2. The standard InChI is InChI=1S/C17H17N3O2/c21-20(22)16-8-7-14-13(9-10-18-14)17(16)19-15-6-5-11-3-1-2-4-12(11)15/h1-4,7-8,15,18-19H,5-6,9-10H2. The maximum atomic E-state index is 11.4. The van der Waals surface area contributed by atoms with Gasteiger partial charge in [0.05, 0.1) is 11.0 Å². The molecule has 0 amide bonds. The van der Waals surface area contributed by atoms with E-state index in [4.69, 9.17) is 0 Å². The highest BCUT2D eigenvalue weighted by atomic mass is 16.6. The van der Waals surface area contributed by atoms with Crippen molar-refractivity contribution in [3.05, 3.63) is 63.2 Å². The number of rotatable bonds is 3. The molecule has 1 aliphatic carbocycles. The first-order chi connectivity index (χ1) is 10.7. The van der Waals surface area contributed by atoms with Crippen molar-refractivity contribution in [3.8, 4) is 0 Å². The molecule has 2 aliphatic rings. The Morgan fingerprint density at radius 1 is 1.18 bits per heavy atom. The summed E-state index contributed by atoms with van der Waals surface area (Å²) in [5.41, 5.74) is 5.52. The van der Waals surface area contributed by atoms with E-state index < -0.39 is 0 Å². The number of hydrogen-bond donors (Lipinski definition) is 2. The zero-order chi connectivity index (χ0) is 15.1. The van der Waals surface area contributed by atoms with Crippen LogP contribution >= 0.6 is 0 Å². The molecule has 1 heterocycles. The fourth-order valence-electron chi connectivity index (χ4n) is 3.58. The van der Waals surface area contributed by atoms with Crippen molar-refractivity contribution in [1.29, 1.82) is 0 Å². The fourth-order valence-corrected chi connectivity index (χ4v) is 3.58. The van der Waals surface area contributed by atoms with Gasteiger partial charge in [-0.3, -0.25) is 10.1 Å². The summed E-state index contributed by atoms with van der Waals surface area (Å²) in [5, 5.41) is 18.1. The normalized spacial score (nSPS) is 18.5. The van der Waals surface area contributed by atoms with Gasteiger partial charge in [-0.25, -0.2) is 0 Å². The molecule has 0 spiro atoms. The molecule has 0 fully saturated rings. The second-order valence-corrected chi connectivity index (χ2v) is 5.85. The van der Waals surface area contributed by atoms with Crippen LogP contribution in [-0.4, -0.2) is 11.5 Å². The van der Waals surface area contributed by atoms with Crippen molar-refractivity contribution in [2.24, 2.45) is 0 Å². The molecule has 0 aromatic heterocycles. The third-order valence-corrected chi connectivity index (χ3v) is 4.63. The lowest BCUT2D eigenvalue weighted by atomic mass is 10.0. The van der Waals surface area contributed by atoms with Crippen LogP contribution in [0.4, 0.5) is 17.1 Å². The number of nitro groups is 1. The topological polar surface area (TPSA) is 67.2 Å². The molecule has 2 aromatic carbocycles. The summed E-state index contributed by atoms with van der Waals surface area (Å²) in [6.45, 7) is 0.840. The Balaban J connectivity index is 1.75. The molecular formula is C17H17N3O2. The lowest BCUT2D eigenvalue weighted by Crippen LogP contribution is -2.10. The Labute approximate surface area is 128 Å². The second-order valence-electron chi connectivity index (χ2n) is 5.85. The van der Waals surface area contributed by atoms with E-state index in [2.05, 4.69) is 22.8 Å². The fraction of sp³-hybridized carbons (Fsp3) is 0.294. The molecule has 1 unspecified atom stereocenters. The molecule has 22 heavy (non-hydrogen) atoms. The van der Waals surface area contributed by atoms with Gasteiger partial charge in [0.1, 0.15) is 5.69 Å². The Morgan fingerprint density at radius 2 is 2.05 bits per heavy atom. The van der Waals surface area contributed by atoms with E-state index in [1.807, 2.05) is 18.2 Å². The lowest BCUT2D eigenvalue weighted by Gasteiger charge is -2.18. The average Bonchev–Trinajstić information content (AvgIpc) is 3.14. The minimum absolute atomic E-state index is 0.155. The van der Waals surface area contributed by atoms with Gasteiger partial charge in [-0.15, -0.1) is 0 Å². The zero-order valence-electron chi connectivity index (χ0n) is 12.1. The van der Waals surface area contributed by atoms with E-state index in [1.165, 1.54) is 11.1 Å². The lowest BCUT2D eigenvalue weighted by molar-refractivity contribution is -0.384. The van der Waals surface area contributed by atoms with Gasteiger partial charge in [0.2, 0.25) is 0 Å². The summed E-state index contributed by atoms with van der Waals surface area (Å²) in [4.78, 5) is 11.1. The first-order valence-corrected chi connectivity index (χ1v) is 7.62. The number of nitrogens with zero attached hydrogens (tertiary/aromatic N) is 1. The molecule has 1 atom stereocenters. The van der Waals surface area contributed by atoms with E-state index in [9.17, 15) is 10.1 Å². The van der Waals surface area contributed by atoms with E-state index in [-0.39, 0.29) is 16.7 Å². The van der Waals surface area contributed by atoms with E-state index >= 15 is 0 Å². The van der Waals surface area contributed by atoms with Gasteiger partial charge in [-0.2, -0.15) is 0 Å². The van der Waals surface area contributed by atoms with Crippen LogP contribution in [0.2, 0.25) is 0 Å². The number of nitrogens with one attached hydrogen (secondary N) is 2. The van der Waals surface area contributed by atoms with Crippen molar-refractivity contribution in [2.45, 2.75) is 25.3 Å². The van der Waals surface area contributed by atoms with Crippen LogP contribution in [0.25, 0.3) is 0 Å². The Bertz CT molecular complexity index is 758. The van der Waals surface area contributed by atoms with Crippen molar-refractivity contribution in [1.82, 2.24) is 0 Å². The molecule has 5 nitrogen and oxygen atoms in total. The Kier molecular flexibility index (Phi) is 2.99. The summed E-state index contributed by atoms with van der Waals surface area (Å²) in [6.07, 6.45) is 2.83. The molecular weight excluding hydrogens is 278 g/mol. The number of benzene rings is 2. The quantitative estimate of drug-likeness (QED) is 0.670. The van der Waals surface area contributed by atoms with E-state index in [1.54, 1.807) is 6.07 Å². The molecule has 4 rings (SSSR count). The first-order valence-electron chi connectivity index (χ1n) is 7.62. The highest BCUT2D eigenvalue weighted by Gasteiger charge is 2.28. The summed E-state index contributed by atoms with van der Waals surface area (Å²) in [6, 6.07) is 11.9. The van der Waals surface area contributed by atoms with Crippen LogP contribution in [0.15, 0.2) is 36.4 Å². The predicted octanol–water partition coefficient (Wildman–Crippen LogP) is 3.66. The summed E-state index contributed by atoms with van der Waals surface area (Å²) in [7, 11) is 0. The monoisotopic (exact) mass is 295 g/mol. The van der Waals surface area contributed by atoms with E-state index in [0.717, 1.165) is 37.1 Å². The number of fused-ring (bicyclic) bond motifs is 2. The highest BCUT2D eigenvalue weighted by Crippen LogP contribution is 2.41. The number of hydrogen-bond acceptors (Lipinski definition) is 4. The Hall–Kier alpha value is -2.56. The predicted molar refractivity (Wildman–Crippen MR) is 86.4 cm³/mol. The molecule has 2 N–H and O–H groups in total. The minimum atomic E-state index is -0.290. The van der Waals surface area contributed by atoms with Crippen LogP contribution < -0.4 is 10.6 Å². The van der Waals surface area contributed by atoms with Crippen molar-refractivity contribution >= 4 is 17.1 Å². The van der Waals surface area contributed by atoms with Crippen molar-refractivity contribution < 1.29 is 4.92 Å². The number of nitro benzene ring substituents is 1. The van der Waals surface area contributed by atoms with Gasteiger partial charge >= 0.3 is 0 Å². The molecule has 2 aromatic rings. The summed E-state index contributed by atoms with van der Waals surface area (Å²) >= 11 is 0. The third kappa shape index (κ3) is 2.01. The third-order valence-electron chi connectivity index (χ3n) is 4.63. The van der Waals surface area contributed by atoms with Crippen LogP contribution in [0.1, 0.15) is 29.2 Å². The highest BCUT2D eigenvalue weighted by molar-refractivity contribution is 5.77.